The average Bonchev–Trinajstić information content (AvgIpc) is 2.47. The van der Waals surface area contributed by atoms with Crippen molar-refractivity contribution in [3.05, 3.63) is 29.8 Å². The molecule has 0 unspecified atom stereocenters. The molecule has 2 rings (SSSR count). The first-order valence-corrected chi connectivity index (χ1v) is 7.37. The van der Waals surface area contributed by atoms with Gasteiger partial charge in [-0.15, -0.1) is 0 Å². The summed E-state index contributed by atoms with van der Waals surface area (Å²) in [4.78, 5) is 14.1. The van der Waals surface area contributed by atoms with Gasteiger partial charge in [0.15, 0.2) is 0 Å². The molecule has 0 radical (unpaired) electrons. The Bertz CT molecular complexity index is 452. The number of nitrogens with zero attached hydrogens (tertiary/aromatic N) is 1. The highest BCUT2D eigenvalue weighted by atomic mass is 16.3. The molecule has 2 amide bonds. The Kier molecular flexibility index (Phi) is 5.01. The number of benzene rings is 1. The first kappa shape index (κ1) is 14.9. The number of carbonyl (C=O) groups is 1. The number of carbonyl (C=O) groups excluding carboxylic acids is 1. The Labute approximate surface area is 120 Å². The molecule has 1 aliphatic rings. The summed E-state index contributed by atoms with van der Waals surface area (Å²) in [5, 5.41) is 12.1. The van der Waals surface area contributed by atoms with Crippen molar-refractivity contribution in [1.82, 2.24) is 4.90 Å². The van der Waals surface area contributed by atoms with Crippen LogP contribution >= 0.6 is 0 Å². The maximum Gasteiger partial charge on any atom is 0.321 e. The van der Waals surface area contributed by atoms with Gasteiger partial charge >= 0.3 is 6.03 Å². The second-order valence-corrected chi connectivity index (χ2v) is 5.79. The van der Waals surface area contributed by atoms with Gasteiger partial charge in [0.1, 0.15) is 0 Å². The molecule has 1 heterocycles. The molecular weight excluding hydrogens is 252 g/mol. The summed E-state index contributed by atoms with van der Waals surface area (Å²) in [6, 6.07) is 7.91. The van der Waals surface area contributed by atoms with E-state index in [2.05, 4.69) is 25.2 Å². The van der Waals surface area contributed by atoms with Gasteiger partial charge in [-0.05, 0) is 36.3 Å². The van der Waals surface area contributed by atoms with Gasteiger partial charge in [0.25, 0.3) is 0 Å². The number of para-hydroxylation sites is 1. The van der Waals surface area contributed by atoms with Gasteiger partial charge in [0.05, 0.1) is 0 Å². The van der Waals surface area contributed by atoms with Crippen LogP contribution in [-0.4, -0.2) is 35.7 Å². The van der Waals surface area contributed by atoms with Crippen LogP contribution in [0.1, 0.15) is 38.2 Å². The lowest BCUT2D eigenvalue weighted by Crippen LogP contribution is -2.41. The van der Waals surface area contributed by atoms with E-state index >= 15 is 0 Å². The highest BCUT2D eigenvalue weighted by molar-refractivity contribution is 5.90. The minimum Gasteiger partial charge on any atom is -0.396 e. The van der Waals surface area contributed by atoms with Gasteiger partial charge < -0.3 is 15.3 Å². The molecule has 1 aromatic rings. The molecule has 4 heteroatoms. The van der Waals surface area contributed by atoms with Crippen molar-refractivity contribution in [3.63, 3.8) is 0 Å². The number of piperidine rings is 1. The average molecular weight is 276 g/mol. The maximum atomic E-state index is 12.3. The lowest BCUT2D eigenvalue weighted by Gasteiger charge is -2.31. The molecule has 2 N–H and O–H groups in total. The topological polar surface area (TPSA) is 52.6 Å². The third-order valence-corrected chi connectivity index (χ3v) is 3.98. The van der Waals surface area contributed by atoms with Gasteiger partial charge in [0, 0.05) is 25.4 Å². The second kappa shape index (κ2) is 6.75. The first-order chi connectivity index (χ1) is 9.61. The summed E-state index contributed by atoms with van der Waals surface area (Å²) in [6.07, 6.45) is 1.77. The SMILES string of the molecule is CC(C)c1ccccc1NC(=O)N1CCC(CO)CC1. The van der Waals surface area contributed by atoms with Crippen molar-refractivity contribution in [2.45, 2.75) is 32.6 Å². The number of rotatable bonds is 3. The van der Waals surface area contributed by atoms with Crippen LogP contribution in [0.15, 0.2) is 24.3 Å². The number of urea groups is 1. The van der Waals surface area contributed by atoms with Gasteiger partial charge in [-0.25, -0.2) is 4.79 Å². The number of amides is 2. The molecule has 110 valence electrons. The molecule has 20 heavy (non-hydrogen) atoms. The van der Waals surface area contributed by atoms with Crippen LogP contribution in [0.3, 0.4) is 0 Å². The molecule has 1 saturated heterocycles. The summed E-state index contributed by atoms with van der Waals surface area (Å²) < 4.78 is 0. The van der Waals surface area contributed by atoms with E-state index in [-0.39, 0.29) is 12.6 Å². The van der Waals surface area contributed by atoms with Crippen LogP contribution in [0.2, 0.25) is 0 Å². The van der Waals surface area contributed by atoms with E-state index in [0.717, 1.165) is 37.2 Å². The number of aliphatic hydroxyl groups is 1. The van der Waals surface area contributed by atoms with E-state index < -0.39 is 0 Å². The molecule has 0 saturated carbocycles. The Morgan fingerprint density at radius 2 is 2.00 bits per heavy atom. The van der Waals surface area contributed by atoms with Crippen LogP contribution in [0, 0.1) is 5.92 Å². The lowest BCUT2D eigenvalue weighted by atomic mass is 9.98. The zero-order chi connectivity index (χ0) is 14.5. The molecular formula is C16H24N2O2. The van der Waals surface area contributed by atoms with Crippen LogP contribution < -0.4 is 5.32 Å². The molecule has 1 aliphatic heterocycles. The fourth-order valence-electron chi connectivity index (χ4n) is 2.63. The van der Waals surface area contributed by atoms with Crippen molar-refractivity contribution < 1.29 is 9.90 Å². The van der Waals surface area contributed by atoms with Crippen LogP contribution in [0.4, 0.5) is 10.5 Å². The van der Waals surface area contributed by atoms with E-state index in [4.69, 9.17) is 5.11 Å². The van der Waals surface area contributed by atoms with Crippen molar-refractivity contribution in [2.75, 3.05) is 25.0 Å². The number of hydrogen-bond donors (Lipinski definition) is 2. The summed E-state index contributed by atoms with van der Waals surface area (Å²) in [5.41, 5.74) is 2.06. The molecule has 1 aromatic carbocycles. The Morgan fingerprint density at radius 1 is 1.35 bits per heavy atom. The predicted octanol–water partition coefficient (Wildman–Crippen LogP) is 3.05. The summed E-state index contributed by atoms with van der Waals surface area (Å²) in [6.45, 7) is 5.92. The highest BCUT2D eigenvalue weighted by Crippen LogP contribution is 2.24. The Hall–Kier alpha value is -1.55. The fraction of sp³-hybridized carbons (Fsp3) is 0.562. The first-order valence-electron chi connectivity index (χ1n) is 7.37. The summed E-state index contributed by atoms with van der Waals surface area (Å²) >= 11 is 0. The smallest absolute Gasteiger partial charge is 0.321 e. The van der Waals surface area contributed by atoms with Gasteiger partial charge in [-0.3, -0.25) is 0 Å². The Morgan fingerprint density at radius 3 is 2.60 bits per heavy atom. The van der Waals surface area contributed by atoms with Crippen LogP contribution in [0.25, 0.3) is 0 Å². The van der Waals surface area contributed by atoms with E-state index in [1.807, 2.05) is 23.1 Å². The fourth-order valence-corrected chi connectivity index (χ4v) is 2.63. The highest BCUT2D eigenvalue weighted by Gasteiger charge is 2.22. The van der Waals surface area contributed by atoms with Crippen molar-refractivity contribution in [2.24, 2.45) is 5.92 Å². The van der Waals surface area contributed by atoms with Crippen molar-refractivity contribution >= 4 is 11.7 Å². The van der Waals surface area contributed by atoms with E-state index in [1.165, 1.54) is 0 Å². The summed E-state index contributed by atoms with van der Waals surface area (Å²) in [7, 11) is 0. The Balaban J connectivity index is 1.98. The van der Waals surface area contributed by atoms with Gasteiger partial charge in [-0.2, -0.15) is 0 Å². The quantitative estimate of drug-likeness (QED) is 0.891. The minimum atomic E-state index is -0.0329. The molecule has 0 spiro atoms. The molecule has 0 atom stereocenters. The van der Waals surface area contributed by atoms with Crippen LogP contribution in [0.5, 0.6) is 0 Å². The molecule has 1 fully saturated rings. The number of likely N-dealkylation sites (tertiary alicyclic amines) is 1. The number of hydrogen-bond acceptors (Lipinski definition) is 2. The predicted molar refractivity (Wildman–Crippen MR) is 80.9 cm³/mol. The van der Waals surface area contributed by atoms with Gasteiger partial charge in [0.2, 0.25) is 0 Å². The van der Waals surface area contributed by atoms with Gasteiger partial charge in [-0.1, -0.05) is 32.0 Å². The minimum absolute atomic E-state index is 0.0329. The van der Waals surface area contributed by atoms with Crippen molar-refractivity contribution in [3.8, 4) is 0 Å². The number of nitrogens with one attached hydrogen (secondary N) is 1. The lowest BCUT2D eigenvalue weighted by molar-refractivity contribution is 0.143. The van der Waals surface area contributed by atoms with E-state index in [9.17, 15) is 4.79 Å². The number of aliphatic hydroxyl groups excluding tert-OH is 1. The third-order valence-electron chi connectivity index (χ3n) is 3.98. The standard InChI is InChI=1S/C16H24N2O2/c1-12(2)14-5-3-4-6-15(14)17-16(20)18-9-7-13(11-19)8-10-18/h3-6,12-13,19H,7-11H2,1-2H3,(H,17,20). The third kappa shape index (κ3) is 3.51. The monoisotopic (exact) mass is 276 g/mol. The summed E-state index contributed by atoms with van der Waals surface area (Å²) in [5.74, 6) is 0.730. The van der Waals surface area contributed by atoms with E-state index in [0.29, 0.717) is 11.8 Å². The van der Waals surface area contributed by atoms with Crippen LogP contribution in [-0.2, 0) is 0 Å². The zero-order valence-electron chi connectivity index (χ0n) is 12.3. The molecule has 4 nitrogen and oxygen atoms in total. The zero-order valence-corrected chi connectivity index (χ0v) is 12.3. The normalized spacial score (nSPS) is 16.5. The molecule has 0 aromatic heterocycles. The molecule has 0 bridgehead atoms. The molecule has 0 aliphatic carbocycles. The van der Waals surface area contributed by atoms with E-state index in [1.54, 1.807) is 0 Å². The largest absolute Gasteiger partial charge is 0.396 e. The second-order valence-electron chi connectivity index (χ2n) is 5.79. The van der Waals surface area contributed by atoms with Crippen molar-refractivity contribution in [1.29, 1.82) is 0 Å². The maximum absolute atomic E-state index is 12.3. The number of anilines is 1.